The van der Waals surface area contributed by atoms with Gasteiger partial charge in [-0.25, -0.2) is 8.42 Å². The van der Waals surface area contributed by atoms with E-state index in [1.54, 1.807) is 10.3 Å². The zero-order valence-electron chi connectivity index (χ0n) is 10.1. The largest absolute Gasteiger partial charge is 0.338 e. The van der Waals surface area contributed by atoms with Gasteiger partial charge in [-0.3, -0.25) is 4.79 Å². The Morgan fingerprint density at radius 3 is 2.39 bits per heavy atom. The topological polar surface area (TPSA) is 54.5 Å². The van der Waals surface area contributed by atoms with Crippen LogP contribution in [0.25, 0.3) is 0 Å². The molecule has 4 nitrogen and oxygen atoms in total. The predicted molar refractivity (Wildman–Crippen MR) is 71.6 cm³/mol. The number of halogens is 1. The van der Waals surface area contributed by atoms with Gasteiger partial charge < -0.3 is 4.90 Å². The Hall–Kier alpha value is -0.590. The number of hydrogen-bond acceptors (Lipinski definition) is 4. The van der Waals surface area contributed by atoms with Gasteiger partial charge in [0.2, 0.25) is 0 Å². The molecular formula is C11H14ClNO3S2. The molecule has 1 saturated heterocycles. The van der Waals surface area contributed by atoms with Gasteiger partial charge in [-0.1, -0.05) is 13.8 Å². The Kier molecular flexibility index (Phi) is 3.71. The molecule has 18 heavy (non-hydrogen) atoms. The SMILES string of the molecule is CC1CN(C(=O)c2csc(S(=O)(=O)Cl)c2)CC1C. The fourth-order valence-corrected chi connectivity index (χ4v) is 3.97. The summed E-state index contributed by atoms with van der Waals surface area (Å²) >= 11 is 0.978. The molecule has 0 spiro atoms. The van der Waals surface area contributed by atoms with Crippen LogP contribution >= 0.6 is 22.0 Å². The van der Waals surface area contributed by atoms with Crippen LogP contribution in [0.15, 0.2) is 15.7 Å². The number of carbonyl (C=O) groups is 1. The van der Waals surface area contributed by atoms with E-state index in [4.69, 9.17) is 10.7 Å². The number of likely N-dealkylation sites (tertiary alicyclic amines) is 1. The van der Waals surface area contributed by atoms with Crippen molar-refractivity contribution in [1.29, 1.82) is 0 Å². The van der Waals surface area contributed by atoms with E-state index in [0.29, 0.717) is 17.4 Å². The van der Waals surface area contributed by atoms with Gasteiger partial charge in [0.1, 0.15) is 4.21 Å². The summed E-state index contributed by atoms with van der Waals surface area (Å²) in [6.45, 7) is 5.66. The number of carbonyl (C=O) groups excluding carboxylic acids is 1. The van der Waals surface area contributed by atoms with Crippen LogP contribution in [0.2, 0.25) is 0 Å². The van der Waals surface area contributed by atoms with Crippen molar-refractivity contribution in [2.45, 2.75) is 18.1 Å². The Labute approximate surface area is 115 Å². The standard InChI is InChI=1S/C11H14ClNO3S2/c1-7-4-13(5-8(7)2)11(14)9-3-10(17-6-9)18(12,15)16/h3,6-8H,4-5H2,1-2H3. The summed E-state index contributed by atoms with van der Waals surface area (Å²) in [6.07, 6.45) is 0. The summed E-state index contributed by atoms with van der Waals surface area (Å²) in [5.74, 6) is 0.835. The Balaban J connectivity index is 2.18. The maximum Gasteiger partial charge on any atom is 0.270 e. The molecular weight excluding hydrogens is 294 g/mol. The van der Waals surface area contributed by atoms with Crippen molar-refractivity contribution in [2.75, 3.05) is 13.1 Å². The highest BCUT2D eigenvalue weighted by Crippen LogP contribution is 2.27. The zero-order valence-corrected chi connectivity index (χ0v) is 12.5. The van der Waals surface area contributed by atoms with Crippen molar-refractivity contribution in [3.05, 3.63) is 17.0 Å². The van der Waals surface area contributed by atoms with Crippen LogP contribution in [0.5, 0.6) is 0 Å². The summed E-state index contributed by atoms with van der Waals surface area (Å²) in [6, 6.07) is 1.35. The van der Waals surface area contributed by atoms with Crippen LogP contribution in [0.4, 0.5) is 0 Å². The Morgan fingerprint density at radius 2 is 1.94 bits per heavy atom. The molecule has 1 aliphatic heterocycles. The van der Waals surface area contributed by atoms with Gasteiger partial charge in [0.15, 0.2) is 0 Å². The van der Waals surface area contributed by atoms with Gasteiger partial charge in [0, 0.05) is 29.2 Å². The number of hydrogen-bond donors (Lipinski definition) is 0. The van der Waals surface area contributed by atoms with Gasteiger partial charge in [0.25, 0.3) is 15.0 Å². The number of rotatable bonds is 2. The minimum atomic E-state index is -3.74. The van der Waals surface area contributed by atoms with Crippen molar-refractivity contribution in [3.63, 3.8) is 0 Å². The molecule has 0 bridgehead atoms. The third-order valence-corrected chi connectivity index (χ3v) is 6.38. The van der Waals surface area contributed by atoms with E-state index in [-0.39, 0.29) is 10.1 Å². The Bertz CT molecular complexity index is 557. The van der Waals surface area contributed by atoms with E-state index in [9.17, 15) is 13.2 Å². The lowest BCUT2D eigenvalue weighted by molar-refractivity contribution is 0.0785. The molecule has 0 saturated carbocycles. The summed E-state index contributed by atoms with van der Waals surface area (Å²) < 4.78 is 22.3. The molecule has 0 N–H and O–H groups in total. The average molecular weight is 308 g/mol. The molecule has 1 amide bonds. The number of thiophene rings is 1. The smallest absolute Gasteiger partial charge is 0.270 e. The maximum atomic E-state index is 12.2. The molecule has 0 aromatic carbocycles. The van der Waals surface area contributed by atoms with Crippen molar-refractivity contribution in [2.24, 2.45) is 11.8 Å². The van der Waals surface area contributed by atoms with E-state index >= 15 is 0 Å². The minimum Gasteiger partial charge on any atom is -0.338 e. The van der Waals surface area contributed by atoms with E-state index in [2.05, 4.69) is 13.8 Å². The first-order chi connectivity index (χ1) is 8.29. The zero-order chi connectivity index (χ0) is 13.5. The third kappa shape index (κ3) is 2.70. The molecule has 100 valence electrons. The molecule has 0 aliphatic carbocycles. The summed E-state index contributed by atoms with van der Waals surface area (Å²) in [5.41, 5.74) is 0.403. The van der Waals surface area contributed by atoms with E-state index in [0.717, 1.165) is 24.4 Å². The van der Waals surface area contributed by atoms with Gasteiger partial charge >= 0.3 is 0 Å². The van der Waals surface area contributed by atoms with E-state index in [1.807, 2.05) is 0 Å². The molecule has 7 heteroatoms. The summed E-state index contributed by atoms with van der Waals surface area (Å²) in [5, 5.41) is 1.55. The highest BCUT2D eigenvalue weighted by atomic mass is 35.7. The maximum absolute atomic E-state index is 12.2. The first-order valence-electron chi connectivity index (χ1n) is 5.61. The molecule has 1 aromatic heterocycles. The highest BCUT2D eigenvalue weighted by molar-refractivity contribution is 8.15. The molecule has 2 heterocycles. The quantitative estimate of drug-likeness (QED) is 0.788. The molecule has 0 radical (unpaired) electrons. The average Bonchev–Trinajstić information content (AvgIpc) is 2.85. The van der Waals surface area contributed by atoms with Gasteiger partial charge in [-0.2, -0.15) is 0 Å². The van der Waals surface area contributed by atoms with Crippen LogP contribution < -0.4 is 0 Å². The molecule has 2 unspecified atom stereocenters. The van der Waals surface area contributed by atoms with E-state index < -0.39 is 9.05 Å². The summed E-state index contributed by atoms with van der Waals surface area (Å²) in [4.78, 5) is 13.9. The van der Waals surface area contributed by atoms with Crippen LogP contribution in [0.3, 0.4) is 0 Å². The highest BCUT2D eigenvalue weighted by Gasteiger charge is 2.30. The lowest BCUT2D eigenvalue weighted by Crippen LogP contribution is -2.28. The lowest BCUT2D eigenvalue weighted by atomic mass is 10.0. The second kappa shape index (κ2) is 4.83. The number of amides is 1. The van der Waals surface area contributed by atoms with Gasteiger partial charge in [-0.05, 0) is 17.9 Å². The summed E-state index contributed by atoms with van der Waals surface area (Å²) in [7, 11) is 1.50. The van der Waals surface area contributed by atoms with Crippen molar-refractivity contribution in [1.82, 2.24) is 4.90 Å². The van der Waals surface area contributed by atoms with Crippen LogP contribution in [0, 0.1) is 11.8 Å². The number of nitrogens with zero attached hydrogens (tertiary/aromatic N) is 1. The molecule has 1 aliphatic rings. The first kappa shape index (κ1) is 13.8. The van der Waals surface area contributed by atoms with Crippen LogP contribution in [0.1, 0.15) is 24.2 Å². The molecule has 1 aromatic rings. The second-order valence-electron chi connectivity index (χ2n) is 4.76. The van der Waals surface area contributed by atoms with Gasteiger partial charge in [0.05, 0.1) is 5.56 Å². The van der Waals surface area contributed by atoms with Crippen molar-refractivity contribution < 1.29 is 13.2 Å². The second-order valence-corrected chi connectivity index (χ2v) is 8.46. The third-order valence-electron chi connectivity index (χ3n) is 3.34. The predicted octanol–water partition coefficient (Wildman–Crippen LogP) is 2.40. The molecule has 2 rings (SSSR count). The van der Waals surface area contributed by atoms with Gasteiger partial charge in [-0.15, -0.1) is 11.3 Å². The minimum absolute atomic E-state index is 0.0211. The fraction of sp³-hybridized carbons (Fsp3) is 0.545. The van der Waals surface area contributed by atoms with E-state index in [1.165, 1.54) is 6.07 Å². The van der Waals surface area contributed by atoms with Crippen molar-refractivity contribution in [3.8, 4) is 0 Å². The van der Waals surface area contributed by atoms with Crippen LogP contribution in [-0.4, -0.2) is 32.3 Å². The molecule has 2 atom stereocenters. The first-order valence-corrected chi connectivity index (χ1v) is 8.80. The lowest BCUT2D eigenvalue weighted by Gasteiger charge is -2.14. The monoisotopic (exact) mass is 307 g/mol. The van der Waals surface area contributed by atoms with Crippen LogP contribution in [-0.2, 0) is 9.05 Å². The fourth-order valence-electron chi connectivity index (χ4n) is 2.03. The Morgan fingerprint density at radius 1 is 1.39 bits per heavy atom. The molecule has 1 fully saturated rings. The van der Waals surface area contributed by atoms with Crippen molar-refractivity contribution >= 4 is 37.0 Å². The normalized spacial score (nSPS) is 24.5.